The lowest BCUT2D eigenvalue weighted by Crippen LogP contribution is -2.51. The standard InChI is InChI=1S/C14H17N3O3/c1-3-5-10-9(4-2)14(20)17(8-15-10)11-6-7-12(18)16-13(11)19/h4-5,8,11H,3,6-7H2,1-2H3,(H,16,18,19)/b9-4+,10-5+. The molecule has 1 aromatic heterocycles. The average Bonchev–Trinajstić information content (AvgIpc) is 2.41. The maximum atomic E-state index is 12.4. The largest absolute Gasteiger partial charge is 0.295 e. The van der Waals surface area contributed by atoms with E-state index >= 15 is 0 Å². The second-order valence-electron chi connectivity index (χ2n) is 4.62. The van der Waals surface area contributed by atoms with Crippen molar-refractivity contribution in [3.05, 3.63) is 27.2 Å². The van der Waals surface area contributed by atoms with Crippen molar-refractivity contribution in [3.8, 4) is 0 Å². The molecule has 1 aliphatic rings. The number of piperidine rings is 1. The number of aromatic nitrogens is 2. The van der Waals surface area contributed by atoms with Crippen molar-refractivity contribution in [3.63, 3.8) is 0 Å². The SMILES string of the molecule is C/C=c1/c(=O)n(C2CCC(=O)NC2=O)cn/c1=C/CC. The first-order valence-corrected chi connectivity index (χ1v) is 6.65. The van der Waals surface area contributed by atoms with Gasteiger partial charge in [0, 0.05) is 6.42 Å². The fourth-order valence-electron chi connectivity index (χ4n) is 2.29. The van der Waals surface area contributed by atoms with Gasteiger partial charge in [-0.15, -0.1) is 0 Å². The molecular formula is C14H17N3O3. The molecular weight excluding hydrogens is 258 g/mol. The predicted octanol–water partition coefficient (Wildman–Crippen LogP) is -0.788. The minimum absolute atomic E-state index is 0.233. The number of carbonyl (C=O) groups excluding carboxylic acids is 2. The average molecular weight is 275 g/mol. The summed E-state index contributed by atoms with van der Waals surface area (Å²) >= 11 is 0. The van der Waals surface area contributed by atoms with E-state index in [1.807, 2.05) is 13.0 Å². The summed E-state index contributed by atoms with van der Waals surface area (Å²) in [5.74, 6) is -0.745. The molecule has 0 radical (unpaired) electrons. The summed E-state index contributed by atoms with van der Waals surface area (Å²) < 4.78 is 1.31. The molecule has 1 aromatic rings. The molecule has 2 amide bonds. The molecule has 0 saturated carbocycles. The summed E-state index contributed by atoms with van der Waals surface area (Å²) in [6, 6.07) is -0.665. The van der Waals surface area contributed by atoms with Crippen molar-refractivity contribution in [2.45, 2.75) is 39.2 Å². The van der Waals surface area contributed by atoms with E-state index in [1.165, 1.54) is 10.9 Å². The summed E-state index contributed by atoms with van der Waals surface area (Å²) in [7, 11) is 0. The normalized spacial score (nSPS) is 21.2. The van der Waals surface area contributed by atoms with Gasteiger partial charge in [0.1, 0.15) is 6.04 Å². The first-order valence-electron chi connectivity index (χ1n) is 6.65. The number of hydrogen-bond acceptors (Lipinski definition) is 4. The van der Waals surface area contributed by atoms with Crippen LogP contribution < -0.4 is 21.4 Å². The van der Waals surface area contributed by atoms with Gasteiger partial charge in [-0.1, -0.05) is 19.1 Å². The van der Waals surface area contributed by atoms with Crippen molar-refractivity contribution in [1.82, 2.24) is 14.9 Å². The van der Waals surface area contributed by atoms with Gasteiger partial charge in [0.25, 0.3) is 5.56 Å². The van der Waals surface area contributed by atoms with Gasteiger partial charge >= 0.3 is 0 Å². The molecule has 106 valence electrons. The molecule has 2 heterocycles. The third kappa shape index (κ3) is 2.54. The van der Waals surface area contributed by atoms with Gasteiger partial charge in [-0.25, -0.2) is 4.98 Å². The van der Waals surface area contributed by atoms with Gasteiger partial charge in [-0.3, -0.25) is 24.3 Å². The molecule has 6 heteroatoms. The molecule has 1 unspecified atom stereocenters. The number of nitrogens with one attached hydrogen (secondary N) is 1. The van der Waals surface area contributed by atoms with Crippen LogP contribution in [0.5, 0.6) is 0 Å². The van der Waals surface area contributed by atoms with Crippen LogP contribution in [0.3, 0.4) is 0 Å². The Labute approximate surface area is 115 Å². The summed E-state index contributed by atoms with van der Waals surface area (Å²) in [4.78, 5) is 39.7. The van der Waals surface area contributed by atoms with Gasteiger partial charge in [0.15, 0.2) is 0 Å². The Morgan fingerprint density at radius 2 is 2.20 bits per heavy atom. The van der Waals surface area contributed by atoms with Gasteiger partial charge in [-0.05, 0) is 19.8 Å². The lowest BCUT2D eigenvalue weighted by molar-refractivity contribution is -0.135. The highest BCUT2D eigenvalue weighted by Gasteiger charge is 2.28. The van der Waals surface area contributed by atoms with Crippen molar-refractivity contribution >= 4 is 24.0 Å². The van der Waals surface area contributed by atoms with Crippen LogP contribution in [0, 0.1) is 0 Å². The van der Waals surface area contributed by atoms with Crippen LogP contribution in [0.25, 0.3) is 12.2 Å². The topological polar surface area (TPSA) is 81.1 Å². The van der Waals surface area contributed by atoms with Gasteiger partial charge < -0.3 is 0 Å². The van der Waals surface area contributed by atoms with Crippen LogP contribution in [0.1, 0.15) is 39.2 Å². The van der Waals surface area contributed by atoms with Crippen LogP contribution in [0.4, 0.5) is 0 Å². The van der Waals surface area contributed by atoms with Gasteiger partial charge in [-0.2, -0.15) is 0 Å². The number of hydrogen-bond donors (Lipinski definition) is 1. The Morgan fingerprint density at radius 1 is 1.45 bits per heavy atom. The molecule has 0 aliphatic carbocycles. The van der Waals surface area contributed by atoms with E-state index in [9.17, 15) is 14.4 Å². The van der Waals surface area contributed by atoms with Gasteiger partial charge in [0.2, 0.25) is 11.8 Å². The Hall–Kier alpha value is -2.24. The third-order valence-electron chi connectivity index (χ3n) is 3.29. The van der Waals surface area contributed by atoms with E-state index in [2.05, 4.69) is 10.3 Å². The maximum Gasteiger partial charge on any atom is 0.261 e. The molecule has 1 saturated heterocycles. The highest BCUT2D eigenvalue weighted by molar-refractivity contribution is 5.99. The number of imide groups is 1. The lowest BCUT2D eigenvalue weighted by atomic mass is 10.1. The molecule has 0 bridgehead atoms. The van der Waals surface area contributed by atoms with Crippen LogP contribution in [-0.4, -0.2) is 21.4 Å². The lowest BCUT2D eigenvalue weighted by Gasteiger charge is -2.22. The predicted molar refractivity (Wildman–Crippen MR) is 74.1 cm³/mol. The fraction of sp³-hybridized carbons (Fsp3) is 0.429. The Bertz CT molecular complexity index is 718. The third-order valence-corrected chi connectivity index (χ3v) is 3.29. The zero-order valence-corrected chi connectivity index (χ0v) is 11.5. The molecule has 0 aromatic carbocycles. The smallest absolute Gasteiger partial charge is 0.261 e. The Kier molecular flexibility index (Phi) is 4.12. The maximum absolute atomic E-state index is 12.4. The molecule has 6 nitrogen and oxygen atoms in total. The Balaban J connectivity index is 2.55. The van der Waals surface area contributed by atoms with Crippen molar-refractivity contribution in [1.29, 1.82) is 0 Å². The minimum atomic E-state index is -0.665. The highest BCUT2D eigenvalue weighted by atomic mass is 16.2. The summed E-state index contributed by atoms with van der Waals surface area (Å²) in [5, 5.41) is 3.36. The first-order chi connectivity index (χ1) is 9.58. The van der Waals surface area contributed by atoms with E-state index < -0.39 is 11.9 Å². The van der Waals surface area contributed by atoms with E-state index in [0.29, 0.717) is 17.0 Å². The van der Waals surface area contributed by atoms with E-state index in [-0.39, 0.29) is 17.9 Å². The van der Waals surface area contributed by atoms with Crippen molar-refractivity contribution in [2.24, 2.45) is 0 Å². The Morgan fingerprint density at radius 3 is 2.80 bits per heavy atom. The summed E-state index contributed by atoms with van der Waals surface area (Å²) in [6.45, 7) is 3.73. The zero-order chi connectivity index (χ0) is 14.7. The second kappa shape index (κ2) is 5.81. The summed E-state index contributed by atoms with van der Waals surface area (Å²) in [5.41, 5.74) is -0.253. The van der Waals surface area contributed by atoms with E-state index in [1.54, 1.807) is 13.0 Å². The summed E-state index contributed by atoms with van der Waals surface area (Å²) in [6.07, 6.45) is 6.28. The number of carbonyl (C=O) groups is 2. The fourth-order valence-corrected chi connectivity index (χ4v) is 2.29. The minimum Gasteiger partial charge on any atom is -0.295 e. The molecule has 0 spiro atoms. The number of nitrogens with zero attached hydrogens (tertiary/aromatic N) is 2. The van der Waals surface area contributed by atoms with Crippen LogP contribution in [0.2, 0.25) is 0 Å². The molecule has 1 fully saturated rings. The molecule has 1 aliphatic heterocycles. The van der Waals surface area contributed by atoms with Crippen LogP contribution in [0.15, 0.2) is 11.1 Å². The van der Waals surface area contributed by atoms with Crippen molar-refractivity contribution in [2.75, 3.05) is 0 Å². The van der Waals surface area contributed by atoms with E-state index in [4.69, 9.17) is 0 Å². The molecule has 1 N–H and O–H groups in total. The van der Waals surface area contributed by atoms with Crippen molar-refractivity contribution < 1.29 is 9.59 Å². The van der Waals surface area contributed by atoms with Crippen LogP contribution in [-0.2, 0) is 9.59 Å². The van der Waals surface area contributed by atoms with Crippen LogP contribution >= 0.6 is 0 Å². The monoisotopic (exact) mass is 275 g/mol. The second-order valence-corrected chi connectivity index (χ2v) is 4.62. The molecule has 2 rings (SSSR count). The highest BCUT2D eigenvalue weighted by Crippen LogP contribution is 2.15. The zero-order valence-electron chi connectivity index (χ0n) is 11.5. The molecule has 1 atom stereocenters. The quantitative estimate of drug-likeness (QED) is 0.717. The number of rotatable bonds is 2. The van der Waals surface area contributed by atoms with E-state index in [0.717, 1.165) is 6.42 Å². The number of amides is 2. The first kappa shape index (κ1) is 14.2. The van der Waals surface area contributed by atoms with Gasteiger partial charge in [0.05, 0.1) is 16.9 Å². The molecule has 20 heavy (non-hydrogen) atoms.